The van der Waals surface area contributed by atoms with Crippen LogP contribution in [0, 0.1) is 13.8 Å². The van der Waals surface area contributed by atoms with E-state index in [0.29, 0.717) is 6.54 Å². The Bertz CT molecular complexity index is 508. The van der Waals surface area contributed by atoms with Crippen molar-refractivity contribution >= 4 is 11.6 Å². The lowest BCUT2D eigenvalue weighted by molar-refractivity contribution is -0.121. The third-order valence-electron chi connectivity index (χ3n) is 4.20. The highest BCUT2D eigenvalue weighted by Crippen LogP contribution is 2.23. The fraction of sp³-hybridized carbons (Fsp3) is 0.611. The molecule has 4 nitrogen and oxygen atoms in total. The van der Waals surface area contributed by atoms with E-state index >= 15 is 0 Å². The zero-order valence-electron chi connectivity index (χ0n) is 14.2. The molecular formula is C18H28N2O2. The smallest absolute Gasteiger partial charge is 0.239 e. The summed E-state index contributed by atoms with van der Waals surface area (Å²) in [6, 6.07) is 6.93. The molecule has 0 atom stereocenters. The minimum Gasteiger partial charge on any atom is -0.381 e. The number of rotatable bonds is 5. The first-order valence-electron chi connectivity index (χ1n) is 8.18. The number of hydrogen-bond acceptors (Lipinski definition) is 3. The van der Waals surface area contributed by atoms with Crippen LogP contribution in [-0.4, -0.2) is 37.7 Å². The van der Waals surface area contributed by atoms with E-state index in [-0.39, 0.29) is 18.0 Å². The predicted molar refractivity (Wildman–Crippen MR) is 90.4 cm³/mol. The number of aryl methyl sites for hydroxylation is 2. The van der Waals surface area contributed by atoms with E-state index in [0.717, 1.165) is 31.7 Å². The number of nitrogens with one attached hydrogen (secondary N) is 1. The molecule has 4 heteroatoms. The van der Waals surface area contributed by atoms with Gasteiger partial charge >= 0.3 is 0 Å². The molecule has 0 unspecified atom stereocenters. The first-order chi connectivity index (χ1) is 10.5. The van der Waals surface area contributed by atoms with Gasteiger partial charge in [0, 0.05) is 31.0 Å². The normalized spacial score (nSPS) is 15.9. The molecule has 0 radical (unpaired) electrons. The van der Waals surface area contributed by atoms with Gasteiger partial charge in [0.1, 0.15) is 0 Å². The van der Waals surface area contributed by atoms with Crippen LogP contribution >= 0.6 is 0 Å². The van der Waals surface area contributed by atoms with Gasteiger partial charge in [-0.05, 0) is 57.7 Å². The molecular weight excluding hydrogens is 276 g/mol. The van der Waals surface area contributed by atoms with Crippen LogP contribution in [0.2, 0.25) is 0 Å². The number of nitrogens with zero attached hydrogens (tertiary/aromatic N) is 1. The van der Waals surface area contributed by atoms with Crippen LogP contribution < -0.4 is 10.2 Å². The first-order valence-corrected chi connectivity index (χ1v) is 8.18. The van der Waals surface area contributed by atoms with E-state index in [2.05, 4.69) is 56.1 Å². The van der Waals surface area contributed by atoms with Gasteiger partial charge in [-0.25, -0.2) is 0 Å². The van der Waals surface area contributed by atoms with Crippen LogP contribution in [0.1, 0.15) is 37.8 Å². The molecule has 1 aliphatic rings. The second-order valence-corrected chi connectivity index (χ2v) is 6.47. The van der Waals surface area contributed by atoms with Crippen LogP contribution in [0.5, 0.6) is 0 Å². The Kier molecular flexibility index (Phi) is 5.83. The van der Waals surface area contributed by atoms with Crippen molar-refractivity contribution in [3.8, 4) is 0 Å². The molecule has 0 spiro atoms. The van der Waals surface area contributed by atoms with Crippen LogP contribution in [-0.2, 0) is 9.53 Å². The van der Waals surface area contributed by atoms with Crippen molar-refractivity contribution in [2.75, 3.05) is 24.7 Å². The van der Waals surface area contributed by atoms with Crippen molar-refractivity contribution in [2.24, 2.45) is 0 Å². The number of hydrogen-bond donors (Lipinski definition) is 1. The van der Waals surface area contributed by atoms with Gasteiger partial charge in [0.15, 0.2) is 0 Å². The molecule has 122 valence electrons. The maximum Gasteiger partial charge on any atom is 0.239 e. The van der Waals surface area contributed by atoms with Gasteiger partial charge < -0.3 is 15.0 Å². The van der Waals surface area contributed by atoms with Gasteiger partial charge in [-0.2, -0.15) is 0 Å². The van der Waals surface area contributed by atoms with Gasteiger partial charge in [-0.1, -0.05) is 12.1 Å². The van der Waals surface area contributed by atoms with E-state index in [4.69, 9.17) is 4.74 Å². The average Bonchev–Trinajstić information content (AvgIpc) is 2.48. The number of carbonyl (C=O) groups excluding carboxylic acids is 1. The molecule has 22 heavy (non-hydrogen) atoms. The third kappa shape index (κ3) is 4.47. The van der Waals surface area contributed by atoms with Crippen LogP contribution in [0.4, 0.5) is 5.69 Å². The van der Waals surface area contributed by atoms with E-state index in [9.17, 15) is 4.79 Å². The number of amides is 1. The molecule has 0 saturated carbocycles. The Hall–Kier alpha value is -1.55. The summed E-state index contributed by atoms with van der Waals surface area (Å²) in [6.45, 7) is 10.3. The van der Waals surface area contributed by atoms with Crippen molar-refractivity contribution in [1.82, 2.24) is 5.32 Å². The Morgan fingerprint density at radius 3 is 2.64 bits per heavy atom. The van der Waals surface area contributed by atoms with Crippen molar-refractivity contribution in [1.29, 1.82) is 0 Å². The molecule has 1 aromatic rings. The summed E-state index contributed by atoms with van der Waals surface area (Å²) in [5.41, 5.74) is 3.58. The lowest BCUT2D eigenvalue weighted by Crippen LogP contribution is -2.46. The summed E-state index contributed by atoms with van der Waals surface area (Å²) in [7, 11) is 0. The Morgan fingerprint density at radius 2 is 2.00 bits per heavy atom. The lowest BCUT2D eigenvalue weighted by Gasteiger charge is -2.31. The van der Waals surface area contributed by atoms with Crippen molar-refractivity contribution in [3.05, 3.63) is 29.3 Å². The first kappa shape index (κ1) is 16.8. The highest BCUT2D eigenvalue weighted by Gasteiger charge is 2.20. The largest absolute Gasteiger partial charge is 0.381 e. The van der Waals surface area contributed by atoms with Crippen LogP contribution in [0.25, 0.3) is 0 Å². The molecule has 1 heterocycles. The molecule has 2 rings (SSSR count). The minimum absolute atomic E-state index is 0.0986. The molecule has 0 aliphatic carbocycles. The van der Waals surface area contributed by atoms with E-state index < -0.39 is 0 Å². The summed E-state index contributed by atoms with van der Waals surface area (Å²) in [5.74, 6) is 0.0986. The molecule has 1 aliphatic heterocycles. The summed E-state index contributed by atoms with van der Waals surface area (Å²) < 4.78 is 5.34. The molecule has 0 bridgehead atoms. The Morgan fingerprint density at radius 1 is 1.32 bits per heavy atom. The number of carbonyl (C=O) groups is 1. The fourth-order valence-corrected chi connectivity index (χ4v) is 2.84. The van der Waals surface area contributed by atoms with Gasteiger partial charge in [0.2, 0.25) is 5.91 Å². The molecule has 0 aromatic heterocycles. The Labute approximate surface area is 133 Å². The molecule has 1 N–H and O–H groups in total. The van der Waals surface area contributed by atoms with E-state index in [1.807, 2.05) is 0 Å². The SMILES string of the molecule is Cc1ccc(C)c(N(CC(=O)NC2CCOCC2)C(C)C)c1. The fourth-order valence-electron chi connectivity index (χ4n) is 2.84. The maximum absolute atomic E-state index is 12.4. The second-order valence-electron chi connectivity index (χ2n) is 6.47. The van der Waals surface area contributed by atoms with Gasteiger partial charge in [0.25, 0.3) is 0 Å². The number of ether oxygens (including phenoxy) is 1. The van der Waals surface area contributed by atoms with E-state index in [1.165, 1.54) is 11.1 Å². The quantitative estimate of drug-likeness (QED) is 0.909. The second kappa shape index (κ2) is 7.63. The van der Waals surface area contributed by atoms with Gasteiger partial charge in [0.05, 0.1) is 6.54 Å². The maximum atomic E-state index is 12.4. The van der Waals surface area contributed by atoms with Crippen LogP contribution in [0.15, 0.2) is 18.2 Å². The number of benzene rings is 1. The standard InChI is InChI=1S/C18H28N2O2/c1-13(2)20(17-11-14(3)5-6-15(17)4)12-18(21)19-16-7-9-22-10-8-16/h5-6,11,13,16H,7-10,12H2,1-4H3,(H,19,21). The van der Waals surface area contributed by atoms with Gasteiger partial charge in [-0.15, -0.1) is 0 Å². The molecule has 1 saturated heterocycles. The van der Waals surface area contributed by atoms with Crippen molar-refractivity contribution in [3.63, 3.8) is 0 Å². The zero-order chi connectivity index (χ0) is 16.1. The summed E-state index contributed by atoms with van der Waals surface area (Å²) in [5, 5.41) is 3.15. The predicted octanol–water partition coefficient (Wildman–Crippen LogP) is 2.81. The molecule has 1 aromatic carbocycles. The lowest BCUT2D eigenvalue weighted by atomic mass is 10.1. The highest BCUT2D eigenvalue weighted by molar-refractivity contribution is 5.82. The molecule has 1 fully saturated rings. The van der Waals surface area contributed by atoms with Crippen molar-refractivity contribution in [2.45, 2.75) is 52.6 Å². The third-order valence-corrected chi connectivity index (χ3v) is 4.20. The van der Waals surface area contributed by atoms with Crippen molar-refractivity contribution < 1.29 is 9.53 Å². The van der Waals surface area contributed by atoms with E-state index in [1.54, 1.807) is 0 Å². The summed E-state index contributed by atoms with van der Waals surface area (Å²) >= 11 is 0. The molecule has 1 amide bonds. The zero-order valence-corrected chi connectivity index (χ0v) is 14.2. The average molecular weight is 304 g/mol. The monoisotopic (exact) mass is 304 g/mol. The Balaban J connectivity index is 2.05. The van der Waals surface area contributed by atoms with Gasteiger partial charge in [-0.3, -0.25) is 4.79 Å². The summed E-state index contributed by atoms with van der Waals surface area (Å²) in [6.07, 6.45) is 1.83. The summed E-state index contributed by atoms with van der Waals surface area (Å²) in [4.78, 5) is 14.6. The van der Waals surface area contributed by atoms with Crippen LogP contribution in [0.3, 0.4) is 0 Å². The topological polar surface area (TPSA) is 41.6 Å². The highest BCUT2D eigenvalue weighted by atomic mass is 16.5. The number of anilines is 1. The minimum atomic E-state index is 0.0986.